The normalized spacial score (nSPS) is 17.2. The molecule has 0 bridgehead atoms. The molecule has 0 spiro atoms. The topological polar surface area (TPSA) is 130 Å². The van der Waals surface area contributed by atoms with Crippen molar-refractivity contribution in [2.75, 3.05) is 16.3 Å². The maximum atomic E-state index is 14.3. The fourth-order valence-electron chi connectivity index (χ4n) is 6.57. The predicted octanol–water partition coefficient (Wildman–Crippen LogP) is 4.28. The Kier molecular flexibility index (Phi) is 9.20. The monoisotopic (exact) mass is 654 g/mol. The number of aromatic nitrogens is 1. The number of rotatable bonds is 11. The first-order valence-corrected chi connectivity index (χ1v) is 17.2. The van der Waals surface area contributed by atoms with Crippen LogP contribution in [0.3, 0.4) is 0 Å². The lowest BCUT2D eigenvalue weighted by Crippen LogP contribution is -2.60. The molecule has 1 fully saturated rings. The van der Waals surface area contributed by atoms with Crippen LogP contribution in [0.25, 0.3) is 10.9 Å². The number of aryl methyl sites for hydroxylation is 1. The third-order valence-electron chi connectivity index (χ3n) is 8.92. The molecule has 10 nitrogen and oxygen atoms in total. The molecule has 2 atom stereocenters. The lowest BCUT2D eigenvalue weighted by molar-refractivity contribution is -0.133. The van der Waals surface area contributed by atoms with Crippen LogP contribution in [0.15, 0.2) is 65.5 Å². The highest BCUT2D eigenvalue weighted by atomic mass is 32.1. The van der Waals surface area contributed by atoms with E-state index in [-0.39, 0.29) is 24.7 Å². The highest BCUT2D eigenvalue weighted by Crippen LogP contribution is 2.40. The molecule has 2 aromatic heterocycles. The van der Waals surface area contributed by atoms with Crippen molar-refractivity contribution in [2.45, 2.75) is 83.6 Å². The van der Waals surface area contributed by atoms with Crippen molar-refractivity contribution in [3.05, 3.63) is 82.2 Å². The number of carbonyl (C=O) groups excluding carboxylic acids is 4. The molecule has 246 valence electrons. The van der Waals surface area contributed by atoms with Crippen LogP contribution < -0.4 is 26.2 Å². The number of hydrogen-bond donors (Lipinski definition) is 3. The number of carbonyl (C=O) groups is 4. The SMILES string of the molecule is CCCn1cc(CC(NC(=O)C(C)(C)N)C(=O)NC2Cc3cccc(N4CCCC4=O)c3N(Cc3ccsc3)C2=O)c2ccccc21. The van der Waals surface area contributed by atoms with Crippen molar-refractivity contribution >= 4 is 57.2 Å². The van der Waals surface area contributed by atoms with Gasteiger partial charge in [-0.3, -0.25) is 19.2 Å². The number of hydrogen-bond acceptors (Lipinski definition) is 6. The van der Waals surface area contributed by atoms with Gasteiger partial charge < -0.3 is 30.7 Å². The molecule has 2 aliphatic heterocycles. The summed E-state index contributed by atoms with van der Waals surface area (Å²) in [4.78, 5) is 57.9. The molecule has 4 amide bonds. The van der Waals surface area contributed by atoms with E-state index in [1.807, 2.05) is 59.4 Å². The van der Waals surface area contributed by atoms with E-state index < -0.39 is 29.4 Å². The molecule has 1 saturated heterocycles. The van der Waals surface area contributed by atoms with Crippen molar-refractivity contribution in [1.29, 1.82) is 0 Å². The summed E-state index contributed by atoms with van der Waals surface area (Å²) in [6.45, 7) is 7.03. The lowest BCUT2D eigenvalue weighted by Gasteiger charge is -2.37. The van der Waals surface area contributed by atoms with Crippen molar-refractivity contribution in [3.8, 4) is 0 Å². The summed E-state index contributed by atoms with van der Waals surface area (Å²) >= 11 is 1.55. The van der Waals surface area contributed by atoms with Crippen LogP contribution in [0.2, 0.25) is 0 Å². The number of nitrogens with zero attached hydrogens (tertiary/aromatic N) is 3. The standard InChI is InChI=1S/C36H42N6O4S/c1-4-15-40-21-25(26-10-5-6-11-29(26)40)19-27(39-35(46)36(2,3)37)33(44)38-28-18-24-9-7-12-30(41-16-8-13-31(41)43)32(24)42(34(28)45)20-23-14-17-47-22-23/h5-7,9-12,14,17,21-22,27-28H,4,8,13,15-16,18-20,37H2,1-3H3,(H,38,44)(H,39,46). The summed E-state index contributed by atoms with van der Waals surface area (Å²) < 4.78 is 2.17. The van der Waals surface area contributed by atoms with Crippen LogP contribution in [-0.2, 0) is 45.1 Å². The Hall–Kier alpha value is -4.48. The van der Waals surface area contributed by atoms with Crippen LogP contribution >= 0.6 is 11.3 Å². The van der Waals surface area contributed by atoms with Crippen molar-refractivity contribution < 1.29 is 19.2 Å². The maximum Gasteiger partial charge on any atom is 0.250 e. The predicted molar refractivity (Wildman–Crippen MR) is 185 cm³/mol. The first-order valence-electron chi connectivity index (χ1n) is 16.3. The van der Waals surface area contributed by atoms with Crippen LogP contribution in [0, 0.1) is 0 Å². The quantitative estimate of drug-likeness (QED) is 0.222. The zero-order chi connectivity index (χ0) is 33.3. The molecule has 2 aliphatic rings. The molecule has 11 heteroatoms. The molecular formula is C36H42N6O4S. The summed E-state index contributed by atoms with van der Waals surface area (Å²) in [7, 11) is 0. The van der Waals surface area contributed by atoms with E-state index in [0.29, 0.717) is 25.2 Å². The van der Waals surface area contributed by atoms with Crippen molar-refractivity contribution in [2.24, 2.45) is 5.73 Å². The lowest BCUT2D eigenvalue weighted by atomic mass is 9.94. The first kappa shape index (κ1) is 32.5. The Balaban J connectivity index is 1.32. The number of anilines is 2. The second-order valence-electron chi connectivity index (χ2n) is 13.1. The Morgan fingerprint density at radius 2 is 1.91 bits per heavy atom. The minimum Gasteiger partial charge on any atom is -0.347 e. The van der Waals surface area contributed by atoms with Gasteiger partial charge >= 0.3 is 0 Å². The van der Waals surface area contributed by atoms with Gasteiger partial charge in [0.15, 0.2) is 0 Å². The van der Waals surface area contributed by atoms with E-state index in [2.05, 4.69) is 28.2 Å². The first-order chi connectivity index (χ1) is 22.5. The average molecular weight is 655 g/mol. The van der Waals surface area contributed by atoms with Gasteiger partial charge in [0, 0.05) is 49.5 Å². The molecule has 4 heterocycles. The molecule has 0 aliphatic carbocycles. The van der Waals surface area contributed by atoms with Gasteiger partial charge in [-0.25, -0.2) is 0 Å². The summed E-state index contributed by atoms with van der Waals surface area (Å²) in [5, 5.41) is 10.8. The minimum atomic E-state index is -1.21. The number of fused-ring (bicyclic) bond motifs is 2. The Morgan fingerprint density at radius 1 is 1.11 bits per heavy atom. The maximum absolute atomic E-state index is 14.3. The molecule has 2 unspecified atom stereocenters. The third-order valence-corrected chi connectivity index (χ3v) is 9.66. The van der Waals surface area contributed by atoms with Gasteiger partial charge in [0.1, 0.15) is 12.1 Å². The summed E-state index contributed by atoms with van der Waals surface area (Å²) in [5.41, 5.74) is 10.2. The second-order valence-corrected chi connectivity index (χ2v) is 13.9. The van der Waals surface area contributed by atoms with E-state index in [1.54, 1.807) is 35.0 Å². The third kappa shape index (κ3) is 6.68. The fourth-order valence-corrected chi connectivity index (χ4v) is 7.23. The number of nitrogens with two attached hydrogens (primary N) is 1. The van der Waals surface area contributed by atoms with Gasteiger partial charge in [0.2, 0.25) is 23.6 Å². The molecule has 4 N–H and O–H groups in total. The Morgan fingerprint density at radius 3 is 2.62 bits per heavy atom. The smallest absolute Gasteiger partial charge is 0.250 e. The number of thiophene rings is 1. The van der Waals surface area contributed by atoms with Crippen molar-refractivity contribution in [1.82, 2.24) is 15.2 Å². The highest BCUT2D eigenvalue weighted by molar-refractivity contribution is 7.07. The van der Waals surface area contributed by atoms with Gasteiger partial charge in [-0.2, -0.15) is 11.3 Å². The van der Waals surface area contributed by atoms with Gasteiger partial charge in [0.25, 0.3) is 0 Å². The molecule has 47 heavy (non-hydrogen) atoms. The van der Waals surface area contributed by atoms with Gasteiger partial charge in [-0.05, 0) is 72.3 Å². The number of benzene rings is 2. The molecule has 6 rings (SSSR count). The van der Waals surface area contributed by atoms with Gasteiger partial charge in [-0.15, -0.1) is 0 Å². The largest absolute Gasteiger partial charge is 0.347 e. The van der Waals surface area contributed by atoms with E-state index in [0.717, 1.165) is 52.7 Å². The molecular weight excluding hydrogens is 613 g/mol. The van der Waals surface area contributed by atoms with Crippen molar-refractivity contribution in [3.63, 3.8) is 0 Å². The van der Waals surface area contributed by atoms with Crippen LogP contribution in [-0.4, -0.2) is 52.4 Å². The number of amides is 4. The average Bonchev–Trinajstić information content (AvgIpc) is 3.79. The van der Waals surface area contributed by atoms with E-state index in [9.17, 15) is 19.2 Å². The highest BCUT2D eigenvalue weighted by Gasteiger charge is 2.39. The Bertz CT molecular complexity index is 1810. The molecule has 0 saturated carbocycles. The summed E-state index contributed by atoms with van der Waals surface area (Å²) in [6.07, 6.45) is 4.71. The van der Waals surface area contributed by atoms with Gasteiger partial charge in [-0.1, -0.05) is 37.3 Å². The summed E-state index contributed by atoms with van der Waals surface area (Å²) in [5.74, 6) is -1.15. The van der Waals surface area contributed by atoms with E-state index in [4.69, 9.17) is 5.73 Å². The zero-order valence-electron chi connectivity index (χ0n) is 27.1. The minimum absolute atomic E-state index is 0.0402. The number of nitrogens with one attached hydrogen (secondary N) is 2. The molecule has 2 aromatic carbocycles. The molecule has 4 aromatic rings. The Labute approximate surface area is 278 Å². The fraction of sp³-hybridized carbons (Fsp3) is 0.389. The van der Waals surface area contributed by atoms with E-state index >= 15 is 0 Å². The number of para-hydroxylation sites is 2. The summed E-state index contributed by atoms with van der Waals surface area (Å²) in [6, 6.07) is 13.9. The van der Waals surface area contributed by atoms with Crippen LogP contribution in [0.1, 0.15) is 56.7 Å². The molecule has 0 radical (unpaired) electrons. The second kappa shape index (κ2) is 13.3. The van der Waals surface area contributed by atoms with E-state index in [1.165, 1.54) is 0 Å². The van der Waals surface area contributed by atoms with Crippen LogP contribution in [0.4, 0.5) is 11.4 Å². The van der Waals surface area contributed by atoms with Crippen LogP contribution in [0.5, 0.6) is 0 Å². The zero-order valence-corrected chi connectivity index (χ0v) is 27.9. The van der Waals surface area contributed by atoms with Gasteiger partial charge in [0.05, 0.1) is 23.5 Å².